The van der Waals surface area contributed by atoms with Crippen molar-refractivity contribution in [1.82, 2.24) is 4.90 Å². The highest BCUT2D eigenvalue weighted by Crippen LogP contribution is 2.28. The molecule has 0 aliphatic carbocycles. The molecule has 0 unspecified atom stereocenters. The number of nitrogens with one attached hydrogen (secondary N) is 1. The molecule has 0 atom stereocenters. The first-order chi connectivity index (χ1) is 13.3. The number of rotatable bonds is 8. The van der Waals surface area contributed by atoms with Crippen LogP contribution < -0.4 is 10.1 Å². The Labute approximate surface area is 165 Å². The molecule has 5 nitrogen and oxygen atoms in total. The standard InChI is InChI=1S/C19H18F3N3O2S/c1-25(12-14-6-2-4-8-16(14)27-19(20,21)22)13-18(26)24-15-7-3-5-9-17(15)28-11-10-23/h2-9H,11-13H2,1H3,(H,24,26). The molecule has 2 aromatic rings. The van der Waals surface area contributed by atoms with E-state index in [-0.39, 0.29) is 30.5 Å². The predicted octanol–water partition coefficient (Wildman–Crippen LogP) is 4.27. The molecule has 9 heteroatoms. The van der Waals surface area contributed by atoms with Crippen molar-refractivity contribution < 1.29 is 22.7 Å². The number of carbonyl (C=O) groups excluding carboxylic acids is 1. The van der Waals surface area contributed by atoms with Gasteiger partial charge in [-0.2, -0.15) is 5.26 Å². The van der Waals surface area contributed by atoms with Crippen molar-refractivity contribution in [3.8, 4) is 11.8 Å². The zero-order chi connectivity index (χ0) is 20.6. The average Bonchev–Trinajstić information content (AvgIpc) is 2.61. The van der Waals surface area contributed by atoms with E-state index in [0.29, 0.717) is 11.3 Å². The minimum absolute atomic E-state index is 0.0302. The Hall–Kier alpha value is -2.70. The van der Waals surface area contributed by atoms with Crippen molar-refractivity contribution in [2.45, 2.75) is 17.8 Å². The van der Waals surface area contributed by atoms with Crippen LogP contribution in [0.25, 0.3) is 0 Å². The number of nitriles is 1. The summed E-state index contributed by atoms with van der Waals surface area (Å²) >= 11 is 1.31. The summed E-state index contributed by atoms with van der Waals surface area (Å²) in [5, 5.41) is 11.5. The second kappa shape index (κ2) is 10.0. The maximum absolute atomic E-state index is 12.5. The van der Waals surface area contributed by atoms with Crippen molar-refractivity contribution in [3.05, 3.63) is 54.1 Å². The predicted molar refractivity (Wildman–Crippen MR) is 101 cm³/mol. The third-order valence-electron chi connectivity index (χ3n) is 3.51. The van der Waals surface area contributed by atoms with E-state index in [1.807, 2.05) is 6.07 Å². The molecule has 0 bridgehead atoms. The number of anilines is 1. The number of nitrogens with zero attached hydrogens (tertiary/aromatic N) is 2. The van der Waals surface area contributed by atoms with E-state index in [9.17, 15) is 18.0 Å². The van der Waals surface area contributed by atoms with E-state index < -0.39 is 6.36 Å². The summed E-state index contributed by atoms with van der Waals surface area (Å²) in [7, 11) is 1.63. The van der Waals surface area contributed by atoms with Gasteiger partial charge in [-0.05, 0) is 25.2 Å². The quantitative estimate of drug-likeness (QED) is 0.660. The normalized spacial score (nSPS) is 11.1. The molecule has 2 rings (SSSR count). The van der Waals surface area contributed by atoms with E-state index in [0.717, 1.165) is 4.90 Å². The van der Waals surface area contributed by atoms with Crippen LogP contribution in [-0.2, 0) is 11.3 Å². The third kappa shape index (κ3) is 7.13. The van der Waals surface area contributed by atoms with Crippen LogP contribution in [0.5, 0.6) is 5.75 Å². The van der Waals surface area contributed by atoms with Gasteiger partial charge in [0.25, 0.3) is 0 Å². The van der Waals surface area contributed by atoms with E-state index in [4.69, 9.17) is 5.26 Å². The van der Waals surface area contributed by atoms with E-state index >= 15 is 0 Å². The van der Waals surface area contributed by atoms with Crippen LogP contribution in [0.15, 0.2) is 53.4 Å². The van der Waals surface area contributed by atoms with Gasteiger partial charge in [-0.15, -0.1) is 24.9 Å². The molecule has 0 saturated carbocycles. The van der Waals surface area contributed by atoms with Gasteiger partial charge in [-0.25, -0.2) is 0 Å². The van der Waals surface area contributed by atoms with Gasteiger partial charge in [0.1, 0.15) is 5.75 Å². The number of para-hydroxylation sites is 2. The lowest BCUT2D eigenvalue weighted by Gasteiger charge is -2.19. The summed E-state index contributed by atoms with van der Waals surface area (Å²) in [5.41, 5.74) is 0.905. The first kappa shape index (κ1) is 21.6. The maximum Gasteiger partial charge on any atom is 0.573 e. The van der Waals surface area contributed by atoms with Crippen molar-refractivity contribution >= 4 is 23.4 Å². The zero-order valence-corrected chi connectivity index (χ0v) is 15.8. The Morgan fingerprint density at radius 2 is 1.89 bits per heavy atom. The van der Waals surface area contributed by atoms with Gasteiger partial charge in [-0.3, -0.25) is 9.69 Å². The highest BCUT2D eigenvalue weighted by molar-refractivity contribution is 7.99. The fourth-order valence-electron chi connectivity index (χ4n) is 2.45. The lowest BCUT2D eigenvalue weighted by atomic mass is 10.2. The molecule has 148 valence electrons. The summed E-state index contributed by atoms with van der Waals surface area (Å²) < 4.78 is 41.6. The van der Waals surface area contributed by atoms with Crippen LogP contribution in [0, 0.1) is 11.3 Å². The Balaban J connectivity index is 1.98. The van der Waals surface area contributed by atoms with E-state index in [1.54, 1.807) is 42.3 Å². The van der Waals surface area contributed by atoms with Gasteiger partial charge in [0, 0.05) is 17.0 Å². The second-order valence-electron chi connectivity index (χ2n) is 5.82. The molecule has 2 aromatic carbocycles. The van der Waals surface area contributed by atoms with Crippen LogP contribution in [0.1, 0.15) is 5.56 Å². The lowest BCUT2D eigenvalue weighted by Crippen LogP contribution is -2.30. The number of halogens is 3. The molecular weight excluding hydrogens is 391 g/mol. The van der Waals surface area contributed by atoms with Gasteiger partial charge < -0.3 is 10.1 Å². The molecule has 0 aliphatic rings. The Bertz CT molecular complexity index is 853. The van der Waals surface area contributed by atoms with Gasteiger partial charge in [-0.1, -0.05) is 30.3 Å². The Morgan fingerprint density at radius 3 is 2.61 bits per heavy atom. The summed E-state index contributed by atoms with van der Waals surface area (Å²) in [5.74, 6) is -0.356. The maximum atomic E-state index is 12.5. The van der Waals surface area contributed by atoms with Crippen molar-refractivity contribution in [2.24, 2.45) is 0 Å². The van der Waals surface area contributed by atoms with Crippen LogP contribution >= 0.6 is 11.8 Å². The van der Waals surface area contributed by atoms with Crippen LogP contribution in [0.3, 0.4) is 0 Å². The first-order valence-electron chi connectivity index (χ1n) is 8.19. The highest BCUT2D eigenvalue weighted by atomic mass is 32.2. The molecule has 0 fully saturated rings. The monoisotopic (exact) mass is 409 g/mol. The van der Waals surface area contributed by atoms with Gasteiger partial charge in [0.15, 0.2) is 0 Å². The van der Waals surface area contributed by atoms with Crippen LogP contribution in [-0.4, -0.2) is 36.5 Å². The minimum Gasteiger partial charge on any atom is -0.405 e. The molecule has 0 radical (unpaired) electrons. The molecule has 1 amide bonds. The number of alkyl halides is 3. The smallest absolute Gasteiger partial charge is 0.405 e. The molecule has 28 heavy (non-hydrogen) atoms. The number of likely N-dealkylation sites (N-methyl/N-ethyl adjacent to an activating group) is 1. The minimum atomic E-state index is -4.78. The number of ether oxygens (including phenoxy) is 1. The van der Waals surface area contributed by atoms with Gasteiger partial charge >= 0.3 is 6.36 Å². The van der Waals surface area contributed by atoms with Gasteiger partial charge in [0.05, 0.1) is 24.1 Å². The number of amides is 1. The number of thioether (sulfide) groups is 1. The average molecular weight is 409 g/mol. The van der Waals surface area contributed by atoms with Crippen molar-refractivity contribution in [2.75, 3.05) is 24.7 Å². The van der Waals surface area contributed by atoms with Crippen molar-refractivity contribution in [1.29, 1.82) is 5.26 Å². The summed E-state index contributed by atoms with van der Waals surface area (Å²) in [6.07, 6.45) is -4.78. The lowest BCUT2D eigenvalue weighted by molar-refractivity contribution is -0.275. The van der Waals surface area contributed by atoms with Crippen LogP contribution in [0.2, 0.25) is 0 Å². The van der Waals surface area contributed by atoms with Gasteiger partial charge in [0.2, 0.25) is 5.91 Å². The third-order valence-corrected chi connectivity index (χ3v) is 4.45. The molecular formula is C19H18F3N3O2S. The van der Waals surface area contributed by atoms with E-state index in [1.165, 1.54) is 30.0 Å². The molecule has 0 spiro atoms. The van der Waals surface area contributed by atoms with Crippen molar-refractivity contribution in [3.63, 3.8) is 0 Å². The summed E-state index contributed by atoms with van der Waals surface area (Å²) in [6, 6.07) is 14.9. The molecule has 0 saturated heterocycles. The number of carbonyl (C=O) groups is 1. The van der Waals surface area contributed by atoms with Crippen LogP contribution in [0.4, 0.5) is 18.9 Å². The topological polar surface area (TPSA) is 65.4 Å². The first-order valence-corrected chi connectivity index (χ1v) is 9.18. The largest absolute Gasteiger partial charge is 0.573 e. The Kier molecular flexibility index (Phi) is 7.72. The number of benzene rings is 2. The molecule has 0 aromatic heterocycles. The fraction of sp³-hybridized carbons (Fsp3) is 0.263. The second-order valence-corrected chi connectivity index (χ2v) is 6.84. The number of hydrogen-bond acceptors (Lipinski definition) is 5. The zero-order valence-electron chi connectivity index (χ0n) is 15.0. The molecule has 1 N–H and O–H groups in total. The molecule has 0 heterocycles. The fourth-order valence-corrected chi connectivity index (χ4v) is 3.12. The summed E-state index contributed by atoms with van der Waals surface area (Å²) in [6.45, 7) is 0.0715. The summed E-state index contributed by atoms with van der Waals surface area (Å²) in [4.78, 5) is 14.7. The van der Waals surface area contributed by atoms with E-state index in [2.05, 4.69) is 10.1 Å². The number of hydrogen-bond donors (Lipinski definition) is 1. The SMILES string of the molecule is CN(CC(=O)Nc1ccccc1SCC#N)Cc1ccccc1OC(F)(F)F. The highest BCUT2D eigenvalue weighted by Gasteiger charge is 2.32. The molecule has 0 aliphatic heterocycles. The Morgan fingerprint density at radius 1 is 1.21 bits per heavy atom.